The monoisotopic (exact) mass is 378 g/mol. The Morgan fingerprint density at radius 1 is 1.20 bits per heavy atom. The SMILES string of the molecule is O=C(NCCS(=O)(=O)Nc1ccn2nccc2c1)c1cccc(Cl)c1. The fraction of sp³-hybridized carbons (Fsp3) is 0.125. The van der Waals surface area contributed by atoms with E-state index in [1.54, 1.807) is 53.3 Å². The zero-order valence-corrected chi connectivity index (χ0v) is 14.6. The van der Waals surface area contributed by atoms with Crippen LogP contribution in [0.15, 0.2) is 54.9 Å². The standard InChI is InChI=1S/C16H15ClN4O3S/c17-13-3-1-2-12(10-13)16(22)18-7-9-25(23,24)20-14-5-8-21-15(11-14)4-6-19-21/h1-6,8,10-11,20H,7,9H2,(H,18,22). The molecule has 0 saturated heterocycles. The minimum absolute atomic E-state index is 0.0182. The first-order valence-electron chi connectivity index (χ1n) is 7.41. The summed E-state index contributed by atoms with van der Waals surface area (Å²) in [6.07, 6.45) is 3.28. The van der Waals surface area contributed by atoms with Gasteiger partial charge in [-0.25, -0.2) is 12.9 Å². The molecule has 9 heteroatoms. The Labute approximate surface area is 149 Å². The number of rotatable bonds is 6. The fourth-order valence-corrected chi connectivity index (χ4v) is 3.40. The van der Waals surface area contributed by atoms with E-state index in [1.165, 1.54) is 6.07 Å². The normalized spacial score (nSPS) is 11.4. The number of nitrogens with one attached hydrogen (secondary N) is 2. The lowest BCUT2D eigenvalue weighted by Gasteiger charge is -2.09. The molecule has 2 heterocycles. The van der Waals surface area contributed by atoms with Crippen molar-refractivity contribution in [2.75, 3.05) is 17.0 Å². The summed E-state index contributed by atoms with van der Waals surface area (Å²) in [7, 11) is -3.59. The second kappa shape index (κ2) is 7.12. The Kier molecular flexibility index (Phi) is 4.91. The molecule has 3 rings (SSSR count). The third-order valence-corrected chi connectivity index (χ3v) is 4.94. The summed E-state index contributed by atoms with van der Waals surface area (Å²) in [6.45, 7) is -0.0182. The van der Waals surface area contributed by atoms with Crippen LogP contribution in [0.3, 0.4) is 0 Å². The van der Waals surface area contributed by atoms with Gasteiger partial charge in [0.25, 0.3) is 5.91 Å². The number of halogens is 1. The van der Waals surface area contributed by atoms with E-state index in [2.05, 4.69) is 15.1 Å². The van der Waals surface area contributed by atoms with Gasteiger partial charge < -0.3 is 5.32 Å². The number of pyridine rings is 1. The number of anilines is 1. The molecule has 0 fully saturated rings. The van der Waals surface area contributed by atoms with Crippen molar-refractivity contribution in [1.82, 2.24) is 14.9 Å². The minimum Gasteiger partial charge on any atom is -0.351 e. The predicted octanol–water partition coefficient (Wildman–Crippen LogP) is 2.16. The maximum atomic E-state index is 12.1. The molecule has 2 aromatic heterocycles. The molecule has 0 aliphatic rings. The number of carbonyl (C=O) groups excluding carboxylic acids is 1. The van der Waals surface area contributed by atoms with E-state index in [9.17, 15) is 13.2 Å². The molecule has 25 heavy (non-hydrogen) atoms. The van der Waals surface area contributed by atoms with E-state index >= 15 is 0 Å². The van der Waals surface area contributed by atoms with Crippen LogP contribution in [0.1, 0.15) is 10.4 Å². The summed E-state index contributed by atoms with van der Waals surface area (Å²) in [5, 5.41) is 7.05. The molecule has 0 aliphatic carbocycles. The van der Waals surface area contributed by atoms with E-state index in [1.807, 2.05) is 0 Å². The summed E-state index contributed by atoms with van der Waals surface area (Å²) in [5.74, 6) is -0.623. The van der Waals surface area contributed by atoms with Crippen molar-refractivity contribution in [1.29, 1.82) is 0 Å². The Hall–Kier alpha value is -2.58. The molecule has 3 aromatic rings. The summed E-state index contributed by atoms with van der Waals surface area (Å²) in [6, 6.07) is 11.5. The van der Waals surface area contributed by atoms with Crippen molar-refractivity contribution in [3.63, 3.8) is 0 Å². The number of hydrogen-bond donors (Lipinski definition) is 2. The van der Waals surface area contributed by atoms with Crippen molar-refractivity contribution >= 4 is 38.7 Å². The first kappa shape index (κ1) is 17.2. The lowest BCUT2D eigenvalue weighted by Crippen LogP contribution is -2.31. The van der Waals surface area contributed by atoms with Crippen molar-refractivity contribution in [3.8, 4) is 0 Å². The average molecular weight is 379 g/mol. The molecule has 0 saturated carbocycles. The highest BCUT2D eigenvalue weighted by Crippen LogP contribution is 2.13. The second-order valence-electron chi connectivity index (χ2n) is 5.30. The zero-order valence-electron chi connectivity index (χ0n) is 13.0. The molecule has 2 N–H and O–H groups in total. The summed E-state index contributed by atoms with van der Waals surface area (Å²) >= 11 is 5.83. The van der Waals surface area contributed by atoms with Crippen molar-refractivity contribution < 1.29 is 13.2 Å². The van der Waals surface area contributed by atoms with Crippen molar-refractivity contribution in [2.45, 2.75) is 0 Å². The molecule has 1 aromatic carbocycles. The van der Waals surface area contributed by atoms with Gasteiger partial charge in [0, 0.05) is 29.5 Å². The highest BCUT2D eigenvalue weighted by atomic mass is 35.5. The number of hydrogen-bond acceptors (Lipinski definition) is 4. The van der Waals surface area contributed by atoms with Gasteiger partial charge >= 0.3 is 0 Å². The molecule has 0 spiro atoms. The van der Waals surface area contributed by atoms with Gasteiger partial charge in [0.05, 0.1) is 17.0 Å². The number of carbonyl (C=O) groups is 1. The number of sulfonamides is 1. The molecule has 130 valence electrons. The van der Waals surface area contributed by atoms with Crippen LogP contribution in [0.4, 0.5) is 5.69 Å². The van der Waals surface area contributed by atoms with Gasteiger partial charge in [-0.05, 0) is 36.4 Å². The number of fused-ring (bicyclic) bond motifs is 1. The number of amides is 1. The van der Waals surface area contributed by atoms with E-state index in [4.69, 9.17) is 11.6 Å². The second-order valence-corrected chi connectivity index (χ2v) is 7.58. The van der Waals surface area contributed by atoms with Gasteiger partial charge in [0.1, 0.15) is 0 Å². The van der Waals surface area contributed by atoms with Crippen LogP contribution in [-0.4, -0.2) is 36.2 Å². The molecule has 1 amide bonds. The smallest absolute Gasteiger partial charge is 0.251 e. The van der Waals surface area contributed by atoms with Crippen LogP contribution in [0.25, 0.3) is 5.52 Å². The van der Waals surface area contributed by atoms with Crippen LogP contribution in [0.5, 0.6) is 0 Å². The molecular formula is C16H15ClN4O3S. The molecule has 0 aliphatic heterocycles. The third kappa shape index (κ3) is 4.49. The molecule has 7 nitrogen and oxygen atoms in total. The Bertz CT molecular complexity index is 1020. The first-order valence-corrected chi connectivity index (χ1v) is 9.44. The lowest BCUT2D eigenvalue weighted by molar-refractivity contribution is 0.0956. The highest BCUT2D eigenvalue weighted by Gasteiger charge is 2.12. The number of benzene rings is 1. The summed E-state index contributed by atoms with van der Waals surface area (Å²) in [4.78, 5) is 12.0. The number of nitrogens with zero attached hydrogens (tertiary/aromatic N) is 2. The summed E-state index contributed by atoms with van der Waals surface area (Å²) in [5.41, 5.74) is 1.59. The Balaban J connectivity index is 1.57. The maximum Gasteiger partial charge on any atom is 0.251 e. The third-order valence-electron chi connectivity index (χ3n) is 3.42. The van der Waals surface area contributed by atoms with E-state index < -0.39 is 10.0 Å². The molecular weight excluding hydrogens is 364 g/mol. The minimum atomic E-state index is -3.59. The maximum absolute atomic E-state index is 12.1. The van der Waals surface area contributed by atoms with Crippen molar-refractivity contribution in [2.24, 2.45) is 0 Å². The van der Waals surface area contributed by atoms with Crippen LogP contribution in [0.2, 0.25) is 5.02 Å². The Morgan fingerprint density at radius 2 is 2.04 bits per heavy atom. The van der Waals surface area contributed by atoms with Gasteiger partial charge in [-0.15, -0.1) is 0 Å². The zero-order chi connectivity index (χ0) is 17.9. The molecule has 0 unspecified atom stereocenters. The van der Waals surface area contributed by atoms with Crippen LogP contribution in [-0.2, 0) is 10.0 Å². The van der Waals surface area contributed by atoms with E-state index in [0.29, 0.717) is 16.3 Å². The first-order chi connectivity index (χ1) is 11.9. The predicted molar refractivity (Wildman–Crippen MR) is 96.4 cm³/mol. The van der Waals surface area contributed by atoms with E-state index in [0.717, 1.165) is 5.52 Å². The average Bonchev–Trinajstić information content (AvgIpc) is 3.01. The quantitative estimate of drug-likeness (QED) is 0.687. The largest absolute Gasteiger partial charge is 0.351 e. The molecule has 0 radical (unpaired) electrons. The van der Waals surface area contributed by atoms with E-state index in [-0.39, 0.29) is 18.2 Å². The van der Waals surface area contributed by atoms with Gasteiger partial charge in [-0.1, -0.05) is 17.7 Å². The van der Waals surface area contributed by atoms with Gasteiger partial charge in [-0.3, -0.25) is 9.52 Å². The Morgan fingerprint density at radius 3 is 2.84 bits per heavy atom. The topological polar surface area (TPSA) is 92.6 Å². The van der Waals surface area contributed by atoms with Crippen LogP contribution in [0, 0.1) is 0 Å². The van der Waals surface area contributed by atoms with Crippen LogP contribution < -0.4 is 10.0 Å². The molecule has 0 bridgehead atoms. The van der Waals surface area contributed by atoms with Gasteiger partial charge in [0.15, 0.2) is 0 Å². The lowest BCUT2D eigenvalue weighted by atomic mass is 10.2. The van der Waals surface area contributed by atoms with Crippen LogP contribution >= 0.6 is 11.6 Å². The van der Waals surface area contributed by atoms with Gasteiger partial charge in [0.2, 0.25) is 10.0 Å². The molecule has 0 atom stereocenters. The van der Waals surface area contributed by atoms with Gasteiger partial charge in [-0.2, -0.15) is 5.10 Å². The summed E-state index contributed by atoms with van der Waals surface area (Å²) < 4.78 is 28.4. The van der Waals surface area contributed by atoms with Crippen molar-refractivity contribution in [3.05, 3.63) is 65.4 Å². The fourth-order valence-electron chi connectivity index (χ4n) is 2.25. The number of aromatic nitrogens is 2. The highest BCUT2D eigenvalue weighted by molar-refractivity contribution is 7.92.